The summed E-state index contributed by atoms with van der Waals surface area (Å²) < 4.78 is 10.4. The van der Waals surface area contributed by atoms with Gasteiger partial charge in [0.15, 0.2) is 11.5 Å². The molecule has 1 N–H and O–H groups in total. The smallest absolute Gasteiger partial charge is 0.264 e. The fraction of sp³-hybridized carbons (Fsp3) is 0.300. The second-order valence-corrected chi connectivity index (χ2v) is 3.42. The van der Waals surface area contributed by atoms with E-state index in [2.05, 4.69) is 0 Å². The third-order valence-corrected chi connectivity index (χ3v) is 2.18. The Morgan fingerprint density at radius 2 is 2.07 bits per heavy atom. The van der Waals surface area contributed by atoms with Crippen molar-refractivity contribution in [3.05, 3.63) is 18.2 Å². The summed E-state index contributed by atoms with van der Waals surface area (Å²) in [6.45, 7) is 0. The predicted octanol–water partition coefficient (Wildman–Crippen LogP) is 1.63. The van der Waals surface area contributed by atoms with E-state index in [1.165, 1.54) is 13.2 Å². The zero-order valence-electron chi connectivity index (χ0n) is 8.85. The maximum Gasteiger partial charge on any atom is 0.264 e. The summed E-state index contributed by atoms with van der Waals surface area (Å²) in [4.78, 5) is 1.63. The SMILES string of the molecule is COc1cccc(O)c1OC(=S)N(C)C. The van der Waals surface area contributed by atoms with E-state index in [1.807, 2.05) is 0 Å². The van der Waals surface area contributed by atoms with Crippen LogP contribution >= 0.6 is 12.2 Å². The number of methoxy groups -OCH3 is 1. The van der Waals surface area contributed by atoms with E-state index in [0.29, 0.717) is 5.75 Å². The van der Waals surface area contributed by atoms with E-state index in [1.54, 1.807) is 31.1 Å². The number of phenolic OH excluding ortho intramolecular Hbond substituents is 1. The molecule has 0 heterocycles. The Morgan fingerprint density at radius 1 is 1.40 bits per heavy atom. The van der Waals surface area contributed by atoms with Crippen molar-refractivity contribution in [2.24, 2.45) is 0 Å². The first kappa shape index (κ1) is 11.6. The monoisotopic (exact) mass is 227 g/mol. The Kier molecular flexibility index (Phi) is 3.74. The Bertz CT molecular complexity index is 366. The number of para-hydroxylation sites is 1. The van der Waals surface area contributed by atoms with Crippen molar-refractivity contribution in [2.45, 2.75) is 0 Å². The summed E-state index contributed by atoms with van der Waals surface area (Å²) in [6, 6.07) is 4.86. The van der Waals surface area contributed by atoms with Gasteiger partial charge in [0.1, 0.15) is 0 Å². The van der Waals surface area contributed by atoms with Crippen LogP contribution in [0.1, 0.15) is 0 Å². The zero-order valence-corrected chi connectivity index (χ0v) is 9.67. The van der Waals surface area contributed by atoms with Gasteiger partial charge in [-0.1, -0.05) is 6.07 Å². The van der Waals surface area contributed by atoms with Gasteiger partial charge in [-0.3, -0.25) is 0 Å². The van der Waals surface area contributed by atoms with E-state index in [4.69, 9.17) is 21.7 Å². The molecule has 0 saturated heterocycles. The van der Waals surface area contributed by atoms with Gasteiger partial charge in [0, 0.05) is 14.1 Å². The van der Waals surface area contributed by atoms with Gasteiger partial charge in [-0.05, 0) is 24.4 Å². The molecule has 0 radical (unpaired) electrons. The normalized spacial score (nSPS) is 9.53. The predicted molar refractivity (Wildman–Crippen MR) is 61.6 cm³/mol. The first-order valence-electron chi connectivity index (χ1n) is 4.31. The zero-order chi connectivity index (χ0) is 11.4. The fourth-order valence-electron chi connectivity index (χ4n) is 0.946. The van der Waals surface area contributed by atoms with E-state index < -0.39 is 0 Å². The van der Waals surface area contributed by atoms with Crippen LogP contribution in [0, 0.1) is 0 Å². The lowest BCUT2D eigenvalue weighted by Gasteiger charge is -2.16. The highest BCUT2D eigenvalue weighted by molar-refractivity contribution is 7.80. The van der Waals surface area contributed by atoms with E-state index >= 15 is 0 Å². The second-order valence-electron chi connectivity index (χ2n) is 3.07. The van der Waals surface area contributed by atoms with Crippen LogP contribution in [0.2, 0.25) is 0 Å². The minimum Gasteiger partial charge on any atom is -0.504 e. The summed E-state index contributed by atoms with van der Waals surface area (Å²) in [5.41, 5.74) is 0. The van der Waals surface area contributed by atoms with Crippen molar-refractivity contribution in [1.82, 2.24) is 4.90 Å². The van der Waals surface area contributed by atoms with Crippen molar-refractivity contribution in [2.75, 3.05) is 21.2 Å². The second kappa shape index (κ2) is 4.84. The average molecular weight is 227 g/mol. The highest BCUT2D eigenvalue weighted by Crippen LogP contribution is 2.36. The van der Waals surface area contributed by atoms with Gasteiger partial charge >= 0.3 is 0 Å². The van der Waals surface area contributed by atoms with Crippen LogP contribution < -0.4 is 9.47 Å². The van der Waals surface area contributed by atoms with Crippen LogP contribution in [-0.2, 0) is 0 Å². The third kappa shape index (κ3) is 2.73. The molecule has 1 rings (SSSR count). The number of thiocarbonyl (C=S) groups is 1. The van der Waals surface area contributed by atoms with E-state index in [-0.39, 0.29) is 16.7 Å². The molecular weight excluding hydrogens is 214 g/mol. The number of hydrogen-bond acceptors (Lipinski definition) is 4. The van der Waals surface area contributed by atoms with Gasteiger partial charge in [0.25, 0.3) is 5.17 Å². The number of rotatable bonds is 2. The molecule has 0 aliphatic heterocycles. The standard InChI is InChI=1S/C10H13NO3S/c1-11(2)10(15)14-9-7(12)5-4-6-8(9)13-3/h4-6,12H,1-3H3. The average Bonchev–Trinajstić information content (AvgIpc) is 2.20. The molecule has 0 aliphatic carbocycles. The van der Waals surface area contributed by atoms with Crippen LogP contribution in [0.4, 0.5) is 0 Å². The molecule has 0 fully saturated rings. The van der Waals surface area contributed by atoms with Gasteiger partial charge < -0.3 is 19.5 Å². The highest BCUT2D eigenvalue weighted by atomic mass is 32.1. The third-order valence-electron chi connectivity index (χ3n) is 1.73. The van der Waals surface area contributed by atoms with Gasteiger partial charge in [-0.15, -0.1) is 0 Å². The summed E-state index contributed by atoms with van der Waals surface area (Å²) in [6.07, 6.45) is 0. The number of hydrogen-bond donors (Lipinski definition) is 1. The Balaban J connectivity index is 2.97. The van der Waals surface area contributed by atoms with Crippen LogP contribution in [0.3, 0.4) is 0 Å². The molecule has 0 unspecified atom stereocenters. The van der Waals surface area contributed by atoms with Gasteiger partial charge in [0.05, 0.1) is 7.11 Å². The molecule has 0 atom stereocenters. The molecule has 0 aliphatic rings. The molecule has 0 aromatic heterocycles. The molecule has 0 bridgehead atoms. The molecule has 0 saturated carbocycles. The van der Waals surface area contributed by atoms with Crippen molar-refractivity contribution >= 4 is 17.4 Å². The van der Waals surface area contributed by atoms with Gasteiger partial charge in [-0.2, -0.15) is 0 Å². The van der Waals surface area contributed by atoms with Gasteiger partial charge in [0.2, 0.25) is 5.75 Å². The summed E-state index contributed by atoms with van der Waals surface area (Å²) >= 11 is 4.96. The number of phenols is 1. The maximum atomic E-state index is 9.57. The van der Waals surface area contributed by atoms with Crippen LogP contribution in [0.25, 0.3) is 0 Å². The minimum atomic E-state index is -0.00134. The molecule has 0 spiro atoms. The Morgan fingerprint density at radius 3 is 2.60 bits per heavy atom. The summed E-state index contributed by atoms with van der Waals surface area (Å²) in [7, 11) is 5.02. The van der Waals surface area contributed by atoms with Crippen molar-refractivity contribution < 1.29 is 14.6 Å². The topological polar surface area (TPSA) is 41.9 Å². The van der Waals surface area contributed by atoms with E-state index in [0.717, 1.165) is 0 Å². The quantitative estimate of drug-likeness (QED) is 0.778. The molecule has 82 valence electrons. The van der Waals surface area contributed by atoms with Gasteiger partial charge in [-0.25, -0.2) is 0 Å². The minimum absolute atomic E-state index is 0.00134. The van der Waals surface area contributed by atoms with Crippen LogP contribution in [0.5, 0.6) is 17.2 Å². The van der Waals surface area contributed by atoms with Crippen LogP contribution in [0.15, 0.2) is 18.2 Å². The lowest BCUT2D eigenvalue weighted by molar-refractivity contribution is 0.358. The molecule has 5 heteroatoms. The fourth-order valence-corrected chi connectivity index (χ4v) is 1.03. The van der Waals surface area contributed by atoms with E-state index in [9.17, 15) is 5.11 Å². The molecule has 4 nitrogen and oxygen atoms in total. The van der Waals surface area contributed by atoms with Crippen LogP contribution in [-0.4, -0.2) is 36.4 Å². The number of ether oxygens (including phenoxy) is 2. The Hall–Kier alpha value is -1.49. The number of nitrogens with zero attached hydrogens (tertiary/aromatic N) is 1. The largest absolute Gasteiger partial charge is 0.504 e. The summed E-state index contributed by atoms with van der Waals surface area (Å²) in [5.74, 6) is 0.677. The maximum absolute atomic E-state index is 9.57. The highest BCUT2D eigenvalue weighted by Gasteiger charge is 2.12. The first-order chi connectivity index (χ1) is 7.06. The van der Waals surface area contributed by atoms with Crippen molar-refractivity contribution in [3.63, 3.8) is 0 Å². The Labute approximate surface area is 94.0 Å². The number of aromatic hydroxyl groups is 1. The molecule has 0 amide bonds. The number of benzene rings is 1. The van der Waals surface area contributed by atoms with Crippen molar-refractivity contribution in [1.29, 1.82) is 0 Å². The molecule has 1 aromatic rings. The molecular formula is C10H13NO3S. The summed E-state index contributed by atoms with van der Waals surface area (Å²) in [5, 5.41) is 9.83. The van der Waals surface area contributed by atoms with Crippen molar-refractivity contribution in [3.8, 4) is 17.2 Å². The molecule has 1 aromatic carbocycles. The molecule has 15 heavy (non-hydrogen) atoms. The lowest BCUT2D eigenvalue weighted by atomic mass is 10.3. The lowest BCUT2D eigenvalue weighted by Crippen LogP contribution is -2.25. The first-order valence-corrected chi connectivity index (χ1v) is 4.72.